The molecule has 2 aliphatic rings. The molecule has 30 heavy (non-hydrogen) atoms. The van der Waals surface area contributed by atoms with Crippen molar-refractivity contribution in [2.75, 3.05) is 19.9 Å². The lowest BCUT2D eigenvalue weighted by Gasteiger charge is -2.30. The third-order valence-electron chi connectivity index (χ3n) is 5.44. The molecule has 0 unspecified atom stereocenters. The Labute approximate surface area is 178 Å². The molecule has 7 heteroatoms. The number of benzene rings is 2. The van der Waals surface area contributed by atoms with E-state index < -0.39 is 0 Å². The lowest BCUT2D eigenvalue weighted by Crippen LogP contribution is -2.41. The van der Waals surface area contributed by atoms with Gasteiger partial charge in [-0.25, -0.2) is 4.98 Å². The predicted molar refractivity (Wildman–Crippen MR) is 116 cm³/mol. The van der Waals surface area contributed by atoms with Crippen LogP contribution in [0.5, 0.6) is 16.7 Å². The normalized spacial score (nSPS) is 16.5. The van der Waals surface area contributed by atoms with Crippen molar-refractivity contribution in [3.63, 3.8) is 0 Å². The van der Waals surface area contributed by atoms with Gasteiger partial charge in [0.2, 0.25) is 12.7 Å². The van der Waals surface area contributed by atoms with Crippen molar-refractivity contribution >= 4 is 33.5 Å². The number of para-hydroxylation sites is 1. The van der Waals surface area contributed by atoms with Crippen LogP contribution in [0.2, 0.25) is 0 Å². The SMILES string of the molecule is Cc1cccc2sc(OC3CCN(C(=O)/C=C/c4ccc5c(c4)OCO5)CC3)nc12. The van der Waals surface area contributed by atoms with E-state index in [2.05, 4.69) is 24.0 Å². The van der Waals surface area contributed by atoms with Crippen LogP contribution in [0.3, 0.4) is 0 Å². The predicted octanol–water partition coefficient (Wildman–Crippen LogP) is 4.42. The van der Waals surface area contributed by atoms with Gasteiger partial charge in [-0.3, -0.25) is 4.79 Å². The van der Waals surface area contributed by atoms with Gasteiger partial charge in [0.25, 0.3) is 5.19 Å². The van der Waals surface area contributed by atoms with Crippen molar-refractivity contribution in [3.05, 3.63) is 53.6 Å². The smallest absolute Gasteiger partial charge is 0.274 e. The van der Waals surface area contributed by atoms with Crippen LogP contribution in [0.25, 0.3) is 16.3 Å². The van der Waals surface area contributed by atoms with Crippen LogP contribution in [0, 0.1) is 6.92 Å². The molecule has 3 heterocycles. The average molecular weight is 423 g/mol. The van der Waals surface area contributed by atoms with Gasteiger partial charge in [-0.05, 0) is 42.3 Å². The summed E-state index contributed by atoms with van der Waals surface area (Å²) in [4.78, 5) is 19.1. The van der Waals surface area contributed by atoms with Gasteiger partial charge in [-0.15, -0.1) is 0 Å². The highest BCUT2D eigenvalue weighted by atomic mass is 32.1. The van der Waals surface area contributed by atoms with Gasteiger partial charge >= 0.3 is 0 Å². The van der Waals surface area contributed by atoms with Crippen molar-refractivity contribution in [1.29, 1.82) is 0 Å². The first-order valence-electron chi connectivity index (χ1n) is 10.1. The van der Waals surface area contributed by atoms with Crippen LogP contribution >= 0.6 is 11.3 Å². The van der Waals surface area contributed by atoms with E-state index in [0.717, 1.165) is 39.9 Å². The van der Waals surface area contributed by atoms with Crippen LogP contribution in [-0.2, 0) is 4.79 Å². The second-order valence-electron chi connectivity index (χ2n) is 7.49. The van der Waals surface area contributed by atoms with Crippen molar-refractivity contribution in [1.82, 2.24) is 9.88 Å². The first kappa shape index (κ1) is 18.9. The Morgan fingerprint density at radius 1 is 1.20 bits per heavy atom. The van der Waals surface area contributed by atoms with Crippen LogP contribution in [0.1, 0.15) is 24.0 Å². The van der Waals surface area contributed by atoms with Crippen LogP contribution < -0.4 is 14.2 Å². The van der Waals surface area contributed by atoms with Gasteiger partial charge in [-0.2, -0.15) is 0 Å². The molecule has 1 saturated heterocycles. The molecule has 0 bridgehead atoms. The fourth-order valence-electron chi connectivity index (χ4n) is 3.74. The molecular formula is C23H22N2O4S. The molecule has 0 radical (unpaired) electrons. The summed E-state index contributed by atoms with van der Waals surface area (Å²) in [7, 11) is 0. The van der Waals surface area contributed by atoms with E-state index in [9.17, 15) is 4.79 Å². The summed E-state index contributed by atoms with van der Waals surface area (Å²) in [6.45, 7) is 3.67. The number of amides is 1. The first-order chi connectivity index (χ1) is 14.7. The highest BCUT2D eigenvalue weighted by Crippen LogP contribution is 2.33. The maximum absolute atomic E-state index is 12.6. The van der Waals surface area contributed by atoms with E-state index in [1.807, 2.05) is 35.2 Å². The Morgan fingerprint density at radius 3 is 2.87 bits per heavy atom. The van der Waals surface area contributed by atoms with Crippen molar-refractivity contribution in [2.24, 2.45) is 0 Å². The minimum Gasteiger partial charge on any atom is -0.467 e. The molecule has 0 N–H and O–H groups in total. The van der Waals surface area contributed by atoms with E-state index in [1.165, 1.54) is 0 Å². The second kappa shape index (κ2) is 7.99. The quantitative estimate of drug-likeness (QED) is 0.583. The lowest BCUT2D eigenvalue weighted by molar-refractivity contribution is -0.127. The van der Waals surface area contributed by atoms with Gasteiger partial charge < -0.3 is 19.1 Å². The molecule has 154 valence electrons. The van der Waals surface area contributed by atoms with Gasteiger partial charge in [0.15, 0.2) is 11.5 Å². The number of fused-ring (bicyclic) bond motifs is 2. The molecule has 3 aromatic rings. The Bertz CT molecular complexity index is 1120. The van der Waals surface area contributed by atoms with Gasteiger partial charge in [-0.1, -0.05) is 29.5 Å². The molecule has 1 fully saturated rings. The molecular weight excluding hydrogens is 400 g/mol. The van der Waals surface area contributed by atoms with Crippen LogP contribution in [-0.4, -0.2) is 41.8 Å². The minimum atomic E-state index is 0.0155. The largest absolute Gasteiger partial charge is 0.467 e. The summed E-state index contributed by atoms with van der Waals surface area (Å²) in [5.74, 6) is 1.47. The van der Waals surface area contributed by atoms with Crippen LogP contribution in [0.4, 0.5) is 0 Å². The number of thiazole rings is 1. The third kappa shape index (κ3) is 3.85. The number of aryl methyl sites for hydroxylation is 1. The Morgan fingerprint density at radius 2 is 2.03 bits per heavy atom. The van der Waals surface area contributed by atoms with E-state index in [-0.39, 0.29) is 18.8 Å². The zero-order valence-corrected chi connectivity index (χ0v) is 17.5. The molecule has 1 amide bonds. The summed E-state index contributed by atoms with van der Waals surface area (Å²) in [5, 5.41) is 0.715. The Hall–Kier alpha value is -3.06. The number of piperidine rings is 1. The van der Waals surface area contributed by atoms with Gasteiger partial charge in [0.05, 0.1) is 10.2 Å². The summed E-state index contributed by atoms with van der Waals surface area (Å²) in [6, 6.07) is 11.8. The van der Waals surface area contributed by atoms with E-state index in [0.29, 0.717) is 24.0 Å². The van der Waals surface area contributed by atoms with Crippen molar-refractivity contribution < 1.29 is 19.0 Å². The molecule has 5 rings (SSSR count). The number of hydrogen-bond donors (Lipinski definition) is 0. The van der Waals surface area contributed by atoms with E-state index in [1.54, 1.807) is 17.4 Å². The highest BCUT2D eigenvalue weighted by molar-refractivity contribution is 7.20. The molecule has 1 aromatic heterocycles. The monoisotopic (exact) mass is 422 g/mol. The molecule has 2 aromatic carbocycles. The van der Waals surface area contributed by atoms with Crippen molar-refractivity contribution in [2.45, 2.75) is 25.9 Å². The topological polar surface area (TPSA) is 60.9 Å². The summed E-state index contributed by atoms with van der Waals surface area (Å²) < 4.78 is 18.0. The average Bonchev–Trinajstić information content (AvgIpc) is 3.39. The number of carbonyl (C=O) groups is 1. The number of aromatic nitrogens is 1. The standard InChI is InChI=1S/C23H22N2O4S/c1-15-3-2-4-20-22(15)24-23(30-20)29-17-9-11-25(12-10-17)21(26)8-6-16-5-7-18-19(13-16)28-14-27-18/h2-8,13,17H,9-12,14H2,1H3/b8-6+. The number of hydrogen-bond acceptors (Lipinski definition) is 6. The third-order valence-corrected chi connectivity index (χ3v) is 6.35. The maximum Gasteiger partial charge on any atom is 0.274 e. The number of carbonyl (C=O) groups excluding carboxylic acids is 1. The Kier molecular flexibility index (Phi) is 5.04. The summed E-state index contributed by atoms with van der Waals surface area (Å²) in [5.41, 5.74) is 3.09. The fourth-order valence-corrected chi connectivity index (χ4v) is 4.70. The zero-order valence-electron chi connectivity index (χ0n) is 16.7. The molecule has 0 aliphatic carbocycles. The molecule has 2 aliphatic heterocycles. The van der Waals surface area contributed by atoms with Gasteiger partial charge in [0, 0.05) is 32.0 Å². The zero-order chi connectivity index (χ0) is 20.5. The summed E-state index contributed by atoms with van der Waals surface area (Å²) >= 11 is 1.58. The molecule has 0 spiro atoms. The number of rotatable bonds is 4. The highest BCUT2D eigenvalue weighted by Gasteiger charge is 2.24. The van der Waals surface area contributed by atoms with Crippen molar-refractivity contribution in [3.8, 4) is 16.7 Å². The lowest BCUT2D eigenvalue weighted by atomic mass is 10.1. The molecule has 0 saturated carbocycles. The number of nitrogens with zero attached hydrogens (tertiary/aromatic N) is 2. The maximum atomic E-state index is 12.6. The fraction of sp³-hybridized carbons (Fsp3) is 0.304. The number of ether oxygens (including phenoxy) is 3. The van der Waals surface area contributed by atoms with E-state index >= 15 is 0 Å². The second-order valence-corrected chi connectivity index (χ2v) is 8.48. The molecule has 6 nitrogen and oxygen atoms in total. The van der Waals surface area contributed by atoms with Gasteiger partial charge in [0.1, 0.15) is 6.10 Å². The van der Waals surface area contributed by atoms with Crippen LogP contribution in [0.15, 0.2) is 42.5 Å². The minimum absolute atomic E-state index is 0.0155. The summed E-state index contributed by atoms with van der Waals surface area (Å²) in [6.07, 6.45) is 5.13. The van der Waals surface area contributed by atoms with E-state index in [4.69, 9.17) is 14.2 Å². The Balaban J connectivity index is 1.16. The first-order valence-corrected chi connectivity index (χ1v) is 10.9. The number of likely N-dealkylation sites (tertiary alicyclic amines) is 1. The molecule has 0 atom stereocenters.